The van der Waals surface area contributed by atoms with Crippen molar-refractivity contribution in [1.82, 2.24) is 0 Å². The van der Waals surface area contributed by atoms with E-state index < -0.39 is 0 Å². The maximum Gasteiger partial charge on any atom is 0.170 e. The van der Waals surface area contributed by atoms with Crippen LogP contribution in [-0.2, 0) is 0 Å². The third-order valence-electron chi connectivity index (χ3n) is 3.92. The van der Waals surface area contributed by atoms with Crippen molar-refractivity contribution in [2.75, 3.05) is 0 Å². The molecule has 2 aromatic carbocycles. The summed E-state index contributed by atoms with van der Waals surface area (Å²) in [6.07, 6.45) is 5.75. The van der Waals surface area contributed by atoms with Crippen LogP contribution < -0.4 is 0 Å². The van der Waals surface area contributed by atoms with E-state index in [0.29, 0.717) is 0 Å². The van der Waals surface area contributed by atoms with Gasteiger partial charge in [0.15, 0.2) is 5.78 Å². The van der Waals surface area contributed by atoms with Crippen LogP contribution in [0.25, 0.3) is 0 Å². The molecular weight excluding hydrogens is 256 g/mol. The zero-order valence-electron chi connectivity index (χ0n) is 12.8. The summed E-state index contributed by atoms with van der Waals surface area (Å²) in [4.78, 5) is 12.8. The van der Waals surface area contributed by atoms with E-state index in [4.69, 9.17) is 0 Å². The van der Waals surface area contributed by atoms with Gasteiger partial charge >= 0.3 is 0 Å². The van der Waals surface area contributed by atoms with Gasteiger partial charge in [-0.2, -0.15) is 0 Å². The summed E-state index contributed by atoms with van der Waals surface area (Å²) >= 11 is 0. The van der Waals surface area contributed by atoms with Crippen LogP contribution in [0.3, 0.4) is 0 Å². The molecule has 21 heavy (non-hydrogen) atoms. The molecule has 0 saturated heterocycles. The Morgan fingerprint density at radius 2 is 1.48 bits per heavy atom. The van der Waals surface area contributed by atoms with Crippen LogP contribution in [0.4, 0.5) is 0 Å². The molecule has 0 aliphatic heterocycles. The number of rotatable bonds is 8. The molecule has 0 heterocycles. The van der Waals surface area contributed by atoms with Gasteiger partial charge in [-0.05, 0) is 12.0 Å². The molecule has 1 atom stereocenters. The van der Waals surface area contributed by atoms with Crippen molar-refractivity contribution in [3.05, 3.63) is 71.8 Å². The van der Waals surface area contributed by atoms with Gasteiger partial charge in [0.05, 0.1) is 0 Å². The Hall–Kier alpha value is -1.89. The normalized spacial score (nSPS) is 12.0. The number of hydrogen-bond donors (Lipinski definition) is 0. The Kier molecular flexibility index (Phi) is 6.21. The molecule has 2 rings (SSSR count). The average Bonchev–Trinajstić information content (AvgIpc) is 2.56. The van der Waals surface area contributed by atoms with Gasteiger partial charge in [0, 0.05) is 11.5 Å². The molecule has 0 aliphatic carbocycles. The van der Waals surface area contributed by atoms with Gasteiger partial charge < -0.3 is 0 Å². The second kappa shape index (κ2) is 8.41. The minimum absolute atomic E-state index is 0.00884. The van der Waals surface area contributed by atoms with Gasteiger partial charge in [-0.1, -0.05) is 93.3 Å². The summed E-state index contributed by atoms with van der Waals surface area (Å²) in [5.41, 5.74) is 1.96. The summed E-state index contributed by atoms with van der Waals surface area (Å²) in [6, 6.07) is 19.9. The van der Waals surface area contributed by atoms with Crippen LogP contribution in [0.15, 0.2) is 60.7 Å². The SMILES string of the molecule is CCCCCCC(C(=O)c1ccccc1)c1ccccc1. The highest BCUT2D eigenvalue weighted by Gasteiger charge is 2.21. The summed E-state index contributed by atoms with van der Waals surface area (Å²) in [5, 5.41) is 0. The summed E-state index contributed by atoms with van der Waals surface area (Å²) < 4.78 is 0. The second-order valence-electron chi connectivity index (χ2n) is 5.54. The van der Waals surface area contributed by atoms with E-state index in [9.17, 15) is 4.79 Å². The van der Waals surface area contributed by atoms with Crippen LogP contribution >= 0.6 is 0 Å². The van der Waals surface area contributed by atoms with Crippen LogP contribution in [0.5, 0.6) is 0 Å². The predicted octanol–water partition coefficient (Wildman–Crippen LogP) is 5.62. The van der Waals surface area contributed by atoms with E-state index in [0.717, 1.165) is 24.0 Å². The van der Waals surface area contributed by atoms with Crippen LogP contribution in [0.1, 0.15) is 60.9 Å². The standard InChI is InChI=1S/C20H24O/c1-2-3-4-11-16-19(17-12-7-5-8-13-17)20(21)18-14-9-6-10-15-18/h5-10,12-15,19H,2-4,11,16H2,1H3. The Balaban J connectivity index is 2.14. The maximum absolute atomic E-state index is 12.8. The van der Waals surface area contributed by atoms with E-state index in [1.54, 1.807) is 0 Å². The van der Waals surface area contributed by atoms with Crippen molar-refractivity contribution < 1.29 is 4.79 Å². The summed E-state index contributed by atoms with van der Waals surface area (Å²) in [6.45, 7) is 2.21. The Morgan fingerprint density at radius 1 is 0.857 bits per heavy atom. The predicted molar refractivity (Wildman–Crippen MR) is 88.7 cm³/mol. The van der Waals surface area contributed by atoms with Crippen molar-refractivity contribution in [3.8, 4) is 0 Å². The molecule has 0 spiro atoms. The highest BCUT2D eigenvalue weighted by atomic mass is 16.1. The third kappa shape index (κ3) is 4.56. The van der Waals surface area contributed by atoms with Crippen molar-refractivity contribution in [2.24, 2.45) is 0 Å². The van der Waals surface area contributed by atoms with Gasteiger partial charge in [-0.25, -0.2) is 0 Å². The fourth-order valence-corrected chi connectivity index (χ4v) is 2.71. The van der Waals surface area contributed by atoms with Crippen LogP contribution in [0, 0.1) is 0 Å². The zero-order valence-corrected chi connectivity index (χ0v) is 12.8. The summed E-state index contributed by atoms with van der Waals surface area (Å²) in [5.74, 6) is 0.240. The lowest BCUT2D eigenvalue weighted by Crippen LogP contribution is -2.13. The van der Waals surface area contributed by atoms with Crippen LogP contribution in [0.2, 0.25) is 0 Å². The fourth-order valence-electron chi connectivity index (χ4n) is 2.71. The molecule has 0 radical (unpaired) electrons. The first-order chi connectivity index (χ1) is 10.3. The largest absolute Gasteiger partial charge is 0.293 e. The minimum Gasteiger partial charge on any atom is -0.293 e. The van der Waals surface area contributed by atoms with E-state index in [1.807, 2.05) is 48.5 Å². The lowest BCUT2D eigenvalue weighted by molar-refractivity contribution is 0.0953. The molecule has 0 saturated carbocycles. The molecule has 0 bridgehead atoms. The first-order valence-electron chi connectivity index (χ1n) is 7.97. The van der Waals surface area contributed by atoms with Crippen molar-refractivity contribution in [3.63, 3.8) is 0 Å². The number of Topliss-reactive ketones (excluding diaryl/α,β-unsaturated/α-hetero) is 1. The fraction of sp³-hybridized carbons (Fsp3) is 0.350. The Labute approximate surface area is 128 Å². The highest BCUT2D eigenvalue weighted by molar-refractivity contribution is 6.00. The number of hydrogen-bond acceptors (Lipinski definition) is 1. The van der Waals surface area contributed by atoms with Crippen molar-refractivity contribution in [2.45, 2.75) is 44.9 Å². The summed E-state index contributed by atoms with van der Waals surface area (Å²) in [7, 11) is 0. The molecule has 1 nitrogen and oxygen atoms in total. The molecule has 0 fully saturated rings. The molecule has 0 aromatic heterocycles. The van der Waals surface area contributed by atoms with Crippen molar-refractivity contribution in [1.29, 1.82) is 0 Å². The van der Waals surface area contributed by atoms with E-state index in [-0.39, 0.29) is 11.7 Å². The molecule has 1 unspecified atom stereocenters. The number of ketones is 1. The molecule has 1 heteroatoms. The topological polar surface area (TPSA) is 17.1 Å². The molecule has 2 aromatic rings. The quantitative estimate of drug-likeness (QED) is 0.453. The number of unbranched alkanes of at least 4 members (excludes halogenated alkanes) is 3. The smallest absolute Gasteiger partial charge is 0.170 e. The third-order valence-corrected chi connectivity index (χ3v) is 3.92. The zero-order chi connectivity index (χ0) is 14.9. The van der Waals surface area contributed by atoms with E-state index in [2.05, 4.69) is 19.1 Å². The Morgan fingerprint density at radius 3 is 2.10 bits per heavy atom. The van der Waals surface area contributed by atoms with Gasteiger partial charge in [0.2, 0.25) is 0 Å². The molecular formula is C20H24O. The van der Waals surface area contributed by atoms with Gasteiger partial charge in [-0.3, -0.25) is 4.79 Å². The number of carbonyl (C=O) groups is 1. The lowest BCUT2D eigenvalue weighted by Gasteiger charge is -2.16. The van der Waals surface area contributed by atoms with Gasteiger partial charge in [-0.15, -0.1) is 0 Å². The molecule has 0 N–H and O–H groups in total. The highest BCUT2D eigenvalue weighted by Crippen LogP contribution is 2.26. The first-order valence-corrected chi connectivity index (χ1v) is 7.97. The van der Waals surface area contributed by atoms with Gasteiger partial charge in [0.25, 0.3) is 0 Å². The monoisotopic (exact) mass is 280 g/mol. The molecule has 110 valence electrons. The van der Waals surface area contributed by atoms with Gasteiger partial charge in [0.1, 0.15) is 0 Å². The van der Waals surface area contributed by atoms with E-state index in [1.165, 1.54) is 19.3 Å². The average molecular weight is 280 g/mol. The van der Waals surface area contributed by atoms with Crippen molar-refractivity contribution >= 4 is 5.78 Å². The molecule has 0 amide bonds. The van der Waals surface area contributed by atoms with E-state index >= 15 is 0 Å². The lowest BCUT2D eigenvalue weighted by atomic mass is 9.86. The Bertz CT molecular complexity index is 530. The molecule has 0 aliphatic rings. The number of benzene rings is 2. The number of carbonyl (C=O) groups excluding carboxylic acids is 1. The minimum atomic E-state index is -0.00884. The maximum atomic E-state index is 12.8. The van der Waals surface area contributed by atoms with Crippen LogP contribution in [-0.4, -0.2) is 5.78 Å². The second-order valence-corrected chi connectivity index (χ2v) is 5.54. The first kappa shape index (κ1) is 15.5.